The van der Waals surface area contributed by atoms with Crippen LogP contribution in [0.3, 0.4) is 0 Å². The van der Waals surface area contributed by atoms with E-state index in [1.54, 1.807) is 0 Å². The molecule has 8 heteroatoms. The molecule has 1 heterocycles. The Balaban J connectivity index is 3.23. The van der Waals surface area contributed by atoms with Gasteiger partial charge in [-0.3, -0.25) is 0 Å². The van der Waals surface area contributed by atoms with Gasteiger partial charge in [0.2, 0.25) is 5.82 Å². The maximum absolute atomic E-state index is 10.5. The summed E-state index contributed by atoms with van der Waals surface area (Å²) < 4.78 is 0.954. The van der Waals surface area contributed by atoms with Gasteiger partial charge in [0, 0.05) is 0 Å². The van der Waals surface area contributed by atoms with Crippen LogP contribution in [0.25, 0.3) is 0 Å². The van der Waals surface area contributed by atoms with E-state index < -0.39 is 23.2 Å². The summed E-state index contributed by atoms with van der Waals surface area (Å²) in [5.41, 5.74) is 0. The molecule has 0 bridgehead atoms. The van der Waals surface area contributed by atoms with E-state index in [9.17, 15) is 10.1 Å². The molecule has 8 nitrogen and oxygen atoms in total. The van der Waals surface area contributed by atoms with Crippen molar-refractivity contribution in [2.75, 3.05) is 6.61 Å². The molecule has 0 aliphatic rings. The Hall–Kier alpha value is -1.67. The first kappa shape index (κ1) is 10.4. The number of nitrogens with zero attached hydrogens (tertiary/aromatic N) is 3. The zero-order chi connectivity index (χ0) is 10.7. The lowest BCUT2D eigenvalue weighted by Crippen LogP contribution is -2.09. The van der Waals surface area contributed by atoms with Crippen LogP contribution in [0.2, 0.25) is 0 Å². The van der Waals surface area contributed by atoms with Crippen molar-refractivity contribution in [3.8, 4) is 5.88 Å². The van der Waals surface area contributed by atoms with Crippen molar-refractivity contribution >= 4 is 5.82 Å². The molecule has 3 N–H and O–H groups in total. The van der Waals surface area contributed by atoms with Crippen LogP contribution in [-0.4, -0.2) is 36.4 Å². The number of rotatable bonds is 4. The molecule has 78 valence electrons. The van der Waals surface area contributed by atoms with Crippen molar-refractivity contribution in [1.82, 2.24) is 9.55 Å². The Labute approximate surface area is 78.2 Å². The Morgan fingerprint density at radius 1 is 1.50 bits per heavy atom. The van der Waals surface area contributed by atoms with E-state index in [1.807, 2.05) is 0 Å². The second-order valence-electron chi connectivity index (χ2n) is 2.47. The van der Waals surface area contributed by atoms with E-state index in [0.29, 0.717) is 0 Å². The van der Waals surface area contributed by atoms with Crippen molar-refractivity contribution in [2.45, 2.75) is 13.2 Å². The summed E-state index contributed by atoms with van der Waals surface area (Å²) in [7, 11) is 0. The maximum Gasteiger partial charge on any atom is 0.387 e. The first-order valence-electron chi connectivity index (χ1n) is 3.76. The molecule has 0 atom stereocenters. The van der Waals surface area contributed by atoms with Crippen LogP contribution >= 0.6 is 0 Å². The first-order valence-corrected chi connectivity index (χ1v) is 3.76. The van der Waals surface area contributed by atoms with Crippen LogP contribution in [0, 0.1) is 10.1 Å². The van der Waals surface area contributed by atoms with Gasteiger partial charge in [-0.05, 0) is 4.92 Å². The minimum Gasteiger partial charge on any atom is -0.487 e. The summed E-state index contributed by atoms with van der Waals surface area (Å²) in [6.07, 6.45) is 0. The minimum absolute atomic E-state index is 0.0525. The molecule has 14 heavy (non-hydrogen) atoms. The number of aliphatic hydroxyl groups excluding tert-OH is 2. The van der Waals surface area contributed by atoms with E-state index in [0.717, 1.165) is 4.57 Å². The molecule has 0 fully saturated rings. The number of aromatic nitrogens is 2. The fourth-order valence-electron chi connectivity index (χ4n) is 1.11. The number of imidazole rings is 1. The van der Waals surface area contributed by atoms with Crippen molar-refractivity contribution < 1.29 is 20.2 Å². The Morgan fingerprint density at radius 2 is 2.14 bits per heavy atom. The second-order valence-corrected chi connectivity index (χ2v) is 2.47. The molecular weight excluding hydrogens is 194 g/mol. The normalized spacial score (nSPS) is 10.4. The van der Waals surface area contributed by atoms with Gasteiger partial charge in [-0.25, -0.2) is 4.57 Å². The largest absolute Gasteiger partial charge is 0.487 e. The summed E-state index contributed by atoms with van der Waals surface area (Å²) in [6.45, 7) is -0.981. The zero-order valence-electron chi connectivity index (χ0n) is 7.12. The van der Waals surface area contributed by atoms with Crippen molar-refractivity contribution in [3.05, 3.63) is 15.9 Å². The number of aromatic hydroxyl groups is 1. The molecule has 0 unspecified atom stereocenters. The monoisotopic (exact) mass is 203 g/mol. The highest BCUT2D eigenvalue weighted by atomic mass is 16.6. The molecule has 1 rings (SSSR count). The van der Waals surface area contributed by atoms with Crippen molar-refractivity contribution in [3.63, 3.8) is 0 Å². The zero-order valence-corrected chi connectivity index (χ0v) is 7.12. The smallest absolute Gasteiger partial charge is 0.387 e. The number of nitro groups is 1. The van der Waals surface area contributed by atoms with Crippen LogP contribution in [-0.2, 0) is 13.2 Å². The highest BCUT2D eigenvalue weighted by Crippen LogP contribution is 2.26. The van der Waals surface area contributed by atoms with Crippen LogP contribution < -0.4 is 0 Å². The third kappa shape index (κ3) is 1.65. The lowest BCUT2D eigenvalue weighted by atomic mass is 10.5. The van der Waals surface area contributed by atoms with E-state index >= 15 is 0 Å². The molecule has 0 saturated carbocycles. The van der Waals surface area contributed by atoms with Gasteiger partial charge in [0.15, 0.2) is 0 Å². The van der Waals surface area contributed by atoms with Gasteiger partial charge in [0.05, 0.1) is 6.61 Å². The molecule has 0 saturated heterocycles. The Morgan fingerprint density at radius 3 is 2.57 bits per heavy atom. The highest BCUT2D eigenvalue weighted by molar-refractivity contribution is 5.35. The van der Waals surface area contributed by atoms with E-state index in [-0.39, 0.29) is 19.0 Å². The lowest BCUT2D eigenvalue weighted by Gasteiger charge is -1.99. The van der Waals surface area contributed by atoms with Gasteiger partial charge in [-0.15, -0.1) is 0 Å². The summed E-state index contributed by atoms with van der Waals surface area (Å²) in [4.78, 5) is 13.0. The molecule has 1 aromatic heterocycles. The van der Waals surface area contributed by atoms with E-state index in [1.165, 1.54) is 0 Å². The highest BCUT2D eigenvalue weighted by Gasteiger charge is 2.26. The summed E-state index contributed by atoms with van der Waals surface area (Å²) in [6, 6.07) is 0. The fraction of sp³-hybridized carbons (Fsp3) is 0.500. The third-order valence-corrected chi connectivity index (χ3v) is 1.64. The van der Waals surface area contributed by atoms with E-state index in [4.69, 9.17) is 15.3 Å². The van der Waals surface area contributed by atoms with E-state index in [2.05, 4.69) is 4.98 Å². The predicted molar refractivity (Wildman–Crippen MR) is 43.6 cm³/mol. The van der Waals surface area contributed by atoms with Crippen LogP contribution in [0.5, 0.6) is 5.88 Å². The Kier molecular flexibility index (Phi) is 2.99. The van der Waals surface area contributed by atoms with Gasteiger partial charge >= 0.3 is 11.7 Å². The van der Waals surface area contributed by atoms with Crippen molar-refractivity contribution in [2.24, 2.45) is 0 Å². The minimum atomic E-state index is -0.822. The molecule has 0 amide bonds. The molecule has 0 aliphatic carbocycles. The average Bonchev–Trinajstić information content (AvgIpc) is 2.43. The van der Waals surface area contributed by atoms with Crippen LogP contribution in [0.1, 0.15) is 5.82 Å². The summed E-state index contributed by atoms with van der Waals surface area (Å²) in [5.74, 6) is -1.43. The van der Waals surface area contributed by atoms with Gasteiger partial charge in [-0.2, -0.15) is 4.98 Å². The van der Waals surface area contributed by atoms with Gasteiger partial charge in [-0.1, -0.05) is 0 Å². The number of aliphatic hydroxyl groups is 2. The molecule has 1 aromatic rings. The Bertz CT molecular complexity index is 347. The summed E-state index contributed by atoms with van der Waals surface area (Å²) in [5, 5.41) is 36.9. The molecular formula is C6H9N3O5. The quantitative estimate of drug-likeness (QED) is 0.425. The van der Waals surface area contributed by atoms with Gasteiger partial charge < -0.3 is 25.4 Å². The number of hydrogen-bond acceptors (Lipinski definition) is 6. The summed E-state index contributed by atoms with van der Waals surface area (Å²) >= 11 is 0. The van der Waals surface area contributed by atoms with Crippen LogP contribution in [0.4, 0.5) is 5.82 Å². The lowest BCUT2D eigenvalue weighted by molar-refractivity contribution is -0.393. The standard InChI is InChI=1S/C6H9N3O5/c10-2-1-8-4(3-11)7-5(12)6(8)9(13)14/h10-12H,1-3H2. The predicted octanol–water partition coefficient (Wildman–Crippen LogP) is -1.02. The molecule has 0 aliphatic heterocycles. The van der Waals surface area contributed by atoms with Crippen LogP contribution in [0.15, 0.2) is 0 Å². The average molecular weight is 203 g/mol. The third-order valence-electron chi connectivity index (χ3n) is 1.64. The van der Waals surface area contributed by atoms with Gasteiger partial charge in [0.1, 0.15) is 13.2 Å². The second kappa shape index (κ2) is 4.03. The number of hydrogen-bond donors (Lipinski definition) is 3. The van der Waals surface area contributed by atoms with Crippen molar-refractivity contribution in [1.29, 1.82) is 0 Å². The maximum atomic E-state index is 10.5. The first-order chi connectivity index (χ1) is 6.61. The SMILES string of the molecule is O=[N+]([O-])c1c(O)nc(CO)n1CCO. The van der Waals surface area contributed by atoms with Gasteiger partial charge in [0.25, 0.3) is 0 Å². The molecule has 0 aromatic carbocycles. The molecule has 0 radical (unpaired) electrons. The fourth-order valence-corrected chi connectivity index (χ4v) is 1.11. The molecule has 0 spiro atoms. The topological polar surface area (TPSA) is 122 Å².